The summed E-state index contributed by atoms with van der Waals surface area (Å²) in [6, 6.07) is 9.78. The number of amides is 1. The molecule has 178 valence electrons. The number of aromatic nitrogens is 5. The topological polar surface area (TPSA) is 111 Å². The summed E-state index contributed by atoms with van der Waals surface area (Å²) in [5.74, 6) is 1.39. The van der Waals surface area contributed by atoms with Crippen LogP contribution in [0, 0.1) is 13.8 Å². The Morgan fingerprint density at radius 3 is 2.59 bits per heavy atom. The SMILES string of the molecule is CNc1cc(C(Cc2c[nH]c3ccccc23)NC(=O)Cc2c(C)n[nH]c2C)nc(C(C)(C)C)n1. The molecule has 8 heteroatoms. The summed E-state index contributed by atoms with van der Waals surface area (Å²) in [5.41, 5.74) is 5.42. The molecule has 0 radical (unpaired) electrons. The quantitative estimate of drug-likeness (QED) is 0.330. The summed E-state index contributed by atoms with van der Waals surface area (Å²) in [7, 11) is 1.84. The number of rotatable bonds is 7. The molecular weight excluding hydrogens is 426 g/mol. The molecule has 0 aliphatic heterocycles. The molecule has 3 heterocycles. The predicted molar refractivity (Wildman–Crippen MR) is 135 cm³/mol. The number of anilines is 1. The van der Waals surface area contributed by atoms with Crippen LogP contribution in [0.3, 0.4) is 0 Å². The van der Waals surface area contributed by atoms with E-state index < -0.39 is 0 Å². The maximum atomic E-state index is 13.2. The van der Waals surface area contributed by atoms with Gasteiger partial charge in [-0.1, -0.05) is 39.0 Å². The second kappa shape index (κ2) is 9.29. The normalized spacial score (nSPS) is 12.6. The standard InChI is InChI=1S/C26H33N7O/c1-15-19(16(2)33-32-15)12-24(34)29-21(11-17-14-28-20-10-8-7-9-18(17)20)22-13-23(27-6)31-25(30-22)26(3,4)5/h7-10,13-14,21,28H,11-12H2,1-6H3,(H,29,34)(H,32,33)(H,27,30,31). The van der Waals surface area contributed by atoms with Gasteiger partial charge in [-0.15, -0.1) is 0 Å². The maximum Gasteiger partial charge on any atom is 0.225 e. The number of hydrogen-bond acceptors (Lipinski definition) is 5. The van der Waals surface area contributed by atoms with Crippen molar-refractivity contribution >= 4 is 22.6 Å². The smallest absolute Gasteiger partial charge is 0.225 e. The molecule has 1 amide bonds. The lowest BCUT2D eigenvalue weighted by Crippen LogP contribution is -2.33. The first-order chi connectivity index (χ1) is 16.2. The second-order valence-corrected chi connectivity index (χ2v) is 9.77. The molecule has 1 unspecified atom stereocenters. The fourth-order valence-corrected chi connectivity index (χ4v) is 4.10. The zero-order chi connectivity index (χ0) is 24.5. The number of carbonyl (C=O) groups is 1. The zero-order valence-electron chi connectivity index (χ0n) is 20.7. The number of hydrogen-bond donors (Lipinski definition) is 4. The molecule has 0 fully saturated rings. The van der Waals surface area contributed by atoms with E-state index in [4.69, 9.17) is 4.98 Å². The molecule has 1 aromatic carbocycles. The minimum absolute atomic E-state index is 0.0700. The number of para-hydroxylation sites is 1. The van der Waals surface area contributed by atoms with Crippen molar-refractivity contribution in [3.05, 3.63) is 70.6 Å². The van der Waals surface area contributed by atoms with Crippen LogP contribution >= 0.6 is 0 Å². The van der Waals surface area contributed by atoms with Crippen LogP contribution in [0.15, 0.2) is 36.5 Å². The first-order valence-electron chi connectivity index (χ1n) is 11.6. The number of aryl methyl sites for hydroxylation is 2. The Balaban J connectivity index is 1.71. The van der Waals surface area contributed by atoms with Crippen molar-refractivity contribution < 1.29 is 4.79 Å². The van der Waals surface area contributed by atoms with Crippen LogP contribution in [0.5, 0.6) is 0 Å². The summed E-state index contributed by atoms with van der Waals surface area (Å²) < 4.78 is 0. The molecule has 0 aliphatic carbocycles. The van der Waals surface area contributed by atoms with Crippen molar-refractivity contribution in [3.63, 3.8) is 0 Å². The van der Waals surface area contributed by atoms with Gasteiger partial charge in [0.05, 0.1) is 23.9 Å². The molecule has 0 aliphatic rings. The van der Waals surface area contributed by atoms with E-state index in [-0.39, 0.29) is 23.8 Å². The van der Waals surface area contributed by atoms with E-state index in [1.165, 1.54) is 0 Å². The van der Waals surface area contributed by atoms with Gasteiger partial charge in [-0.25, -0.2) is 9.97 Å². The highest BCUT2D eigenvalue weighted by atomic mass is 16.1. The van der Waals surface area contributed by atoms with Crippen LogP contribution in [-0.4, -0.2) is 38.1 Å². The highest BCUT2D eigenvalue weighted by molar-refractivity contribution is 5.83. The van der Waals surface area contributed by atoms with E-state index in [2.05, 4.69) is 63.7 Å². The van der Waals surface area contributed by atoms with Crippen molar-refractivity contribution in [1.82, 2.24) is 30.5 Å². The van der Waals surface area contributed by atoms with Gasteiger partial charge in [0.15, 0.2) is 0 Å². The Labute approximate surface area is 200 Å². The van der Waals surface area contributed by atoms with Crippen LogP contribution in [-0.2, 0) is 23.1 Å². The van der Waals surface area contributed by atoms with Gasteiger partial charge in [-0.3, -0.25) is 9.89 Å². The number of H-pyrrole nitrogens is 2. The van der Waals surface area contributed by atoms with Crippen molar-refractivity contribution in [1.29, 1.82) is 0 Å². The van der Waals surface area contributed by atoms with Gasteiger partial charge in [-0.2, -0.15) is 5.10 Å². The highest BCUT2D eigenvalue weighted by Gasteiger charge is 2.25. The Kier molecular flexibility index (Phi) is 6.41. The van der Waals surface area contributed by atoms with Crippen molar-refractivity contribution in [2.24, 2.45) is 0 Å². The largest absolute Gasteiger partial charge is 0.373 e. The van der Waals surface area contributed by atoms with Gasteiger partial charge in [0.25, 0.3) is 0 Å². The second-order valence-electron chi connectivity index (χ2n) is 9.77. The van der Waals surface area contributed by atoms with Gasteiger partial charge in [0.2, 0.25) is 5.91 Å². The minimum atomic E-state index is -0.324. The first-order valence-corrected chi connectivity index (χ1v) is 11.6. The van der Waals surface area contributed by atoms with E-state index in [0.717, 1.165) is 50.8 Å². The highest BCUT2D eigenvalue weighted by Crippen LogP contribution is 2.27. The number of aromatic amines is 2. The number of nitrogens with zero attached hydrogens (tertiary/aromatic N) is 3. The molecule has 0 saturated heterocycles. The van der Waals surface area contributed by atoms with E-state index in [0.29, 0.717) is 6.42 Å². The van der Waals surface area contributed by atoms with Crippen LogP contribution in [0.2, 0.25) is 0 Å². The molecule has 0 saturated carbocycles. The zero-order valence-corrected chi connectivity index (χ0v) is 20.7. The minimum Gasteiger partial charge on any atom is -0.373 e. The number of benzene rings is 1. The Bertz CT molecular complexity index is 1290. The third kappa shape index (κ3) is 4.95. The third-order valence-corrected chi connectivity index (χ3v) is 6.08. The molecule has 34 heavy (non-hydrogen) atoms. The molecule has 0 bridgehead atoms. The van der Waals surface area contributed by atoms with Crippen LogP contribution < -0.4 is 10.6 Å². The number of carbonyl (C=O) groups excluding carboxylic acids is 1. The fourth-order valence-electron chi connectivity index (χ4n) is 4.10. The van der Waals surface area contributed by atoms with Crippen molar-refractivity contribution in [2.45, 2.75) is 58.9 Å². The molecule has 4 N–H and O–H groups in total. The molecule has 3 aromatic heterocycles. The van der Waals surface area contributed by atoms with Crippen LogP contribution in [0.25, 0.3) is 10.9 Å². The predicted octanol–water partition coefficient (Wildman–Crippen LogP) is 4.28. The van der Waals surface area contributed by atoms with Crippen molar-refractivity contribution in [2.75, 3.05) is 12.4 Å². The summed E-state index contributed by atoms with van der Waals surface area (Å²) in [6.07, 6.45) is 2.87. The van der Waals surface area contributed by atoms with Crippen LogP contribution in [0.1, 0.15) is 60.8 Å². The Hall–Kier alpha value is -3.68. The number of fused-ring (bicyclic) bond motifs is 1. The lowest BCUT2D eigenvalue weighted by Gasteiger charge is -2.23. The Morgan fingerprint density at radius 2 is 1.91 bits per heavy atom. The number of nitrogens with one attached hydrogen (secondary N) is 4. The average Bonchev–Trinajstić information content (AvgIpc) is 3.36. The molecule has 4 rings (SSSR count). The van der Waals surface area contributed by atoms with Gasteiger partial charge in [-0.05, 0) is 25.5 Å². The summed E-state index contributed by atoms with van der Waals surface area (Å²) in [4.78, 5) is 26.1. The van der Waals surface area contributed by atoms with Crippen LogP contribution in [0.4, 0.5) is 5.82 Å². The first kappa shape index (κ1) is 23.5. The lowest BCUT2D eigenvalue weighted by molar-refractivity contribution is -0.121. The molecular formula is C26H33N7O. The van der Waals surface area contributed by atoms with Gasteiger partial charge in [0, 0.05) is 53.3 Å². The average molecular weight is 460 g/mol. The lowest BCUT2D eigenvalue weighted by atomic mass is 9.95. The monoisotopic (exact) mass is 459 g/mol. The summed E-state index contributed by atoms with van der Waals surface area (Å²) in [5, 5.41) is 14.7. The molecule has 0 spiro atoms. The van der Waals surface area contributed by atoms with Crippen molar-refractivity contribution in [3.8, 4) is 0 Å². The van der Waals surface area contributed by atoms with Gasteiger partial charge < -0.3 is 15.6 Å². The third-order valence-electron chi connectivity index (χ3n) is 6.08. The van der Waals surface area contributed by atoms with E-state index in [1.54, 1.807) is 0 Å². The Morgan fingerprint density at radius 1 is 1.15 bits per heavy atom. The summed E-state index contributed by atoms with van der Waals surface area (Å²) >= 11 is 0. The van der Waals surface area contributed by atoms with E-state index >= 15 is 0 Å². The molecule has 4 aromatic rings. The fraction of sp³-hybridized carbons (Fsp3) is 0.385. The maximum absolute atomic E-state index is 13.2. The summed E-state index contributed by atoms with van der Waals surface area (Å²) in [6.45, 7) is 10.1. The molecule has 8 nitrogen and oxygen atoms in total. The molecule has 1 atom stereocenters. The van der Waals surface area contributed by atoms with E-state index in [1.807, 2.05) is 45.3 Å². The van der Waals surface area contributed by atoms with Gasteiger partial charge >= 0.3 is 0 Å². The van der Waals surface area contributed by atoms with E-state index in [9.17, 15) is 4.79 Å². The van der Waals surface area contributed by atoms with Gasteiger partial charge in [0.1, 0.15) is 11.6 Å².